The molecule has 0 saturated carbocycles. The molecule has 98 valence electrons. The fourth-order valence-electron chi connectivity index (χ4n) is 1.37. The molecule has 0 fully saturated rings. The van der Waals surface area contributed by atoms with Crippen LogP contribution in [-0.2, 0) is 14.3 Å². The zero-order valence-electron chi connectivity index (χ0n) is 10.9. The summed E-state index contributed by atoms with van der Waals surface area (Å²) in [6, 6.07) is 1.83. The minimum Gasteiger partial charge on any atom is -0.465 e. The van der Waals surface area contributed by atoms with Crippen molar-refractivity contribution in [3.63, 3.8) is 0 Å². The molecule has 0 bridgehead atoms. The highest BCUT2D eigenvalue weighted by Gasteiger charge is 2.27. The van der Waals surface area contributed by atoms with Gasteiger partial charge in [0, 0.05) is 11.4 Å². The molecule has 1 unspecified atom stereocenters. The highest BCUT2D eigenvalue weighted by atomic mass is 32.2. The van der Waals surface area contributed by atoms with E-state index in [1.807, 2.05) is 19.9 Å². The van der Waals surface area contributed by atoms with E-state index in [1.54, 1.807) is 6.92 Å². The van der Waals surface area contributed by atoms with Gasteiger partial charge in [0.05, 0.1) is 6.61 Å². The number of nitrogens with zero attached hydrogens (tertiary/aromatic N) is 2. The predicted octanol–water partition coefficient (Wildman–Crippen LogP) is 1.71. The fraction of sp³-hybridized carbons (Fsp3) is 0.500. The van der Waals surface area contributed by atoms with Gasteiger partial charge in [-0.15, -0.1) is 0 Å². The summed E-state index contributed by atoms with van der Waals surface area (Å²) in [6.07, 6.45) is 0. The van der Waals surface area contributed by atoms with Crippen molar-refractivity contribution in [2.75, 3.05) is 6.61 Å². The number of aryl methyl sites for hydroxylation is 2. The van der Waals surface area contributed by atoms with E-state index < -0.39 is 11.2 Å². The van der Waals surface area contributed by atoms with Crippen LogP contribution in [0.2, 0.25) is 0 Å². The molecule has 0 N–H and O–H groups in total. The number of Topliss-reactive ketones (excluding diaryl/α,β-unsaturated/α-hetero) is 1. The van der Waals surface area contributed by atoms with Crippen molar-refractivity contribution in [1.29, 1.82) is 0 Å². The summed E-state index contributed by atoms with van der Waals surface area (Å²) in [5.74, 6) is -0.807. The van der Waals surface area contributed by atoms with Crippen LogP contribution in [0.25, 0.3) is 0 Å². The summed E-state index contributed by atoms with van der Waals surface area (Å²) < 4.78 is 4.86. The van der Waals surface area contributed by atoms with E-state index in [9.17, 15) is 9.59 Å². The lowest BCUT2D eigenvalue weighted by Gasteiger charge is -2.11. The minimum atomic E-state index is -0.897. The third-order valence-corrected chi connectivity index (χ3v) is 3.21. The topological polar surface area (TPSA) is 69.2 Å². The summed E-state index contributed by atoms with van der Waals surface area (Å²) in [6.45, 7) is 6.99. The van der Waals surface area contributed by atoms with Crippen LogP contribution in [0.1, 0.15) is 25.2 Å². The van der Waals surface area contributed by atoms with Crippen LogP contribution in [0.3, 0.4) is 0 Å². The number of esters is 1. The molecule has 0 amide bonds. The zero-order valence-corrected chi connectivity index (χ0v) is 11.7. The van der Waals surface area contributed by atoms with E-state index in [-0.39, 0.29) is 12.4 Å². The second-order valence-electron chi connectivity index (χ2n) is 3.79. The molecule has 0 saturated heterocycles. The molecule has 6 heteroatoms. The lowest BCUT2D eigenvalue weighted by atomic mass is 10.3. The summed E-state index contributed by atoms with van der Waals surface area (Å²) >= 11 is 1.03. The van der Waals surface area contributed by atoms with Gasteiger partial charge in [0.1, 0.15) is 0 Å². The SMILES string of the molecule is CCOC(=O)C(Sc1nc(C)cc(C)n1)C(C)=O. The van der Waals surface area contributed by atoms with Gasteiger partial charge in [-0.05, 0) is 33.8 Å². The molecule has 5 nitrogen and oxygen atoms in total. The van der Waals surface area contributed by atoms with Crippen molar-refractivity contribution in [3.05, 3.63) is 17.5 Å². The second-order valence-corrected chi connectivity index (χ2v) is 4.87. The lowest BCUT2D eigenvalue weighted by molar-refractivity contribution is -0.144. The second kappa shape index (κ2) is 6.49. The number of aromatic nitrogens is 2. The Hall–Kier alpha value is -1.43. The molecule has 1 heterocycles. The predicted molar refractivity (Wildman–Crippen MR) is 68.5 cm³/mol. The average molecular weight is 268 g/mol. The maximum absolute atomic E-state index is 11.6. The first-order valence-electron chi connectivity index (χ1n) is 5.60. The smallest absolute Gasteiger partial charge is 0.327 e. The third-order valence-electron chi connectivity index (χ3n) is 2.05. The van der Waals surface area contributed by atoms with Gasteiger partial charge in [0.15, 0.2) is 16.2 Å². The normalized spacial score (nSPS) is 12.0. The number of carbonyl (C=O) groups excluding carboxylic acids is 2. The third kappa shape index (κ3) is 4.10. The number of rotatable bonds is 5. The van der Waals surface area contributed by atoms with Crippen molar-refractivity contribution in [2.24, 2.45) is 0 Å². The van der Waals surface area contributed by atoms with Crippen LogP contribution in [0, 0.1) is 13.8 Å². The van der Waals surface area contributed by atoms with Crippen LogP contribution >= 0.6 is 11.8 Å². The molecule has 0 radical (unpaired) electrons. The Morgan fingerprint density at radius 1 is 1.33 bits per heavy atom. The minimum absolute atomic E-state index is 0.247. The number of thioether (sulfide) groups is 1. The van der Waals surface area contributed by atoms with Crippen LogP contribution in [0.4, 0.5) is 0 Å². The maximum Gasteiger partial charge on any atom is 0.327 e. The number of hydrogen-bond donors (Lipinski definition) is 0. The maximum atomic E-state index is 11.6. The first-order valence-corrected chi connectivity index (χ1v) is 6.48. The van der Waals surface area contributed by atoms with Crippen LogP contribution in [-0.4, -0.2) is 33.6 Å². The Kier molecular flexibility index (Phi) is 5.27. The van der Waals surface area contributed by atoms with E-state index in [4.69, 9.17) is 4.74 Å². The van der Waals surface area contributed by atoms with Gasteiger partial charge >= 0.3 is 5.97 Å². The molecule has 1 rings (SSSR count). The van der Waals surface area contributed by atoms with E-state index in [0.717, 1.165) is 23.1 Å². The highest BCUT2D eigenvalue weighted by molar-refractivity contribution is 8.01. The Labute approximate surface area is 110 Å². The van der Waals surface area contributed by atoms with Gasteiger partial charge in [-0.2, -0.15) is 0 Å². The molecular formula is C12H16N2O3S. The van der Waals surface area contributed by atoms with Crippen molar-refractivity contribution in [3.8, 4) is 0 Å². The molecular weight excluding hydrogens is 252 g/mol. The molecule has 1 aromatic heterocycles. The van der Waals surface area contributed by atoms with Gasteiger partial charge in [-0.3, -0.25) is 9.59 Å². The Balaban J connectivity index is 2.89. The van der Waals surface area contributed by atoms with Crippen molar-refractivity contribution < 1.29 is 14.3 Å². The van der Waals surface area contributed by atoms with Crippen LogP contribution < -0.4 is 0 Å². The largest absolute Gasteiger partial charge is 0.465 e. The van der Waals surface area contributed by atoms with Gasteiger partial charge in [-0.1, -0.05) is 11.8 Å². The molecule has 0 aliphatic rings. The van der Waals surface area contributed by atoms with Gasteiger partial charge in [0.25, 0.3) is 0 Å². The molecule has 0 aliphatic heterocycles. The number of carbonyl (C=O) groups is 2. The number of hydrogen-bond acceptors (Lipinski definition) is 6. The van der Waals surface area contributed by atoms with Gasteiger partial charge in [0.2, 0.25) is 0 Å². The summed E-state index contributed by atoms with van der Waals surface area (Å²) in [5.41, 5.74) is 1.60. The van der Waals surface area contributed by atoms with Crippen LogP contribution in [0.5, 0.6) is 0 Å². The average Bonchev–Trinajstić information content (AvgIpc) is 2.24. The van der Waals surface area contributed by atoms with E-state index >= 15 is 0 Å². The van der Waals surface area contributed by atoms with E-state index in [0.29, 0.717) is 5.16 Å². The van der Waals surface area contributed by atoms with Crippen LogP contribution in [0.15, 0.2) is 11.2 Å². The fourth-order valence-corrected chi connectivity index (χ4v) is 2.30. The summed E-state index contributed by atoms with van der Waals surface area (Å²) in [7, 11) is 0. The molecule has 0 aromatic carbocycles. The van der Waals surface area contributed by atoms with E-state index in [1.165, 1.54) is 6.92 Å². The molecule has 0 aliphatic carbocycles. The Bertz CT molecular complexity index is 442. The first-order chi connectivity index (χ1) is 8.43. The van der Waals surface area contributed by atoms with Crippen molar-refractivity contribution in [1.82, 2.24) is 9.97 Å². The molecule has 1 aromatic rings. The first kappa shape index (κ1) is 14.6. The summed E-state index contributed by atoms with van der Waals surface area (Å²) in [5, 5.41) is -0.480. The van der Waals surface area contributed by atoms with E-state index in [2.05, 4.69) is 9.97 Å². The summed E-state index contributed by atoms with van der Waals surface area (Å²) in [4.78, 5) is 31.5. The molecule has 18 heavy (non-hydrogen) atoms. The number of ketones is 1. The standard InChI is InChI=1S/C12H16N2O3S/c1-5-17-11(16)10(9(4)15)18-12-13-7(2)6-8(3)14-12/h6,10H,5H2,1-4H3. The number of ether oxygens (including phenoxy) is 1. The van der Waals surface area contributed by atoms with Gasteiger partial charge in [-0.25, -0.2) is 9.97 Å². The Morgan fingerprint density at radius 2 is 1.89 bits per heavy atom. The van der Waals surface area contributed by atoms with Crippen molar-refractivity contribution in [2.45, 2.75) is 38.1 Å². The van der Waals surface area contributed by atoms with Gasteiger partial charge < -0.3 is 4.74 Å². The monoisotopic (exact) mass is 268 g/mol. The quantitative estimate of drug-likeness (QED) is 0.350. The molecule has 1 atom stereocenters. The Morgan fingerprint density at radius 3 is 2.33 bits per heavy atom. The van der Waals surface area contributed by atoms with Crippen molar-refractivity contribution >= 4 is 23.5 Å². The molecule has 0 spiro atoms. The lowest BCUT2D eigenvalue weighted by Crippen LogP contribution is -2.27. The zero-order chi connectivity index (χ0) is 13.7. The highest BCUT2D eigenvalue weighted by Crippen LogP contribution is 2.22.